The second-order valence-corrected chi connectivity index (χ2v) is 11.9. The number of rotatable bonds is 1. The first-order valence-electron chi connectivity index (χ1n) is 14.0. The summed E-state index contributed by atoms with van der Waals surface area (Å²) in [7, 11) is 1.88. The lowest BCUT2D eigenvalue weighted by atomic mass is 9.70. The maximum atomic E-state index is 12.7. The van der Waals surface area contributed by atoms with Gasteiger partial charge in [-0.3, -0.25) is 0 Å². The van der Waals surface area contributed by atoms with E-state index in [0.29, 0.717) is 24.4 Å². The van der Waals surface area contributed by atoms with E-state index in [9.17, 15) is 15.0 Å². The molecule has 1 spiro atoms. The standard InChI is InChI=1S/C32H39ClN2O4/c1-22-23(2)34(3)16-7-5-4-6-8-17-35-20-31(15-9-10-24-18-26(33)12-13-27(24)31)21-39-29-14-11-25(19-28(29)35)32(22,38)30(36)37/h5,7,11-14,18-19,22,38H,2,4,6,8-10,15-17,20-21H2,1,3H3,(H,36,37)/b7-5+/t22-,31-,32-/m0/s1. The molecule has 2 N–H and O–H groups in total. The van der Waals surface area contributed by atoms with Crippen LogP contribution in [-0.2, 0) is 22.2 Å². The number of carboxylic acid groups (broad SMARTS) is 1. The van der Waals surface area contributed by atoms with E-state index in [1.807, 2.05) is 30.1 Å². The minimum Gasteiger partial charge on any atom is -0.490 e. The highest BCUT2D eigenvalue weighted by molar-refractivity contribution is 6.30. The Morgan fingerprint density at radius 2 is 1.97 bits per heavy atom. The third kappa shape index (κ3) is 5.05. The fourth-order valence-corrected chi connectivity index (χ4v) is 6.75. The molecule has 2 aromatic rings. The maximum Gasteiger partial charge on any atom is 0.341 e. The van der Waals surface area contributed by atoms with Gasteiger partial charge in [0.05, 0.1) is 12.3 Å². The van der Waals surface area contributed by atoms with Crippen LogP contribution in [0.3, 0.4) is 0 Å². The van der Waals surface area contributed by atoms with Crippen molar-refractivity contribution in [1.82, 2.24) is 4.90 Å². The number of hydrogen-bond acceptors (Lipinski definition) is 5. The van der Waals surface area contributed by atoms with Crippen molar-refractivity contribution in [3.05, 3.63) is 82.5 Å². The van der Waals surface area contributed by atoms with Gasteiger partial charge in [0.1, 0.15) is 5.75 Å². The van der Waals surface area contributed by atoms with Gasteiger partial charge < -0.3 is 24.7 Å². The molecule has 0 fully saturated rings. The largest absolute Gasteiger partial charge is 0.490 e. The maximum absolute atomic E-state index is 12.7. The number of hydrogen-bond donors (Lipinski definition) is 2. The molecule has 2 heterocycles. The second kappa shape index (κ2) is 10.9. The van der Waals surface area contributed by atoms with Crippen LogP contribution in [0.25, 0.3) is 0 Å². The highest BCUT2D eigenvalue weighted by atomic mass is 35.5. The van der Waals surface area contributed by atoms with Gasteiger partial charge in [-0.15, -0.1) is 0 Å². The summed E-state index contributed by atoms with van der Waals surface area (Å²) < 4.78 is 6.53. The number of carbonyl (C=O) groups is 1. The lowest BCUT2D eigenvalue weighted by Crippen LogP contribution is -2.46. The van der Waals surface area contributed by atoms with Gasteiger partial charge in [-0.25, -0.2) is 4.79 Å². The van der Waals surface area contributed by atoms with Crippen LogP contribution in [0.5, 0.6) is 5.75 Å². The number of halogens is 1. The number of carboxylic acids is 1. The molecular weight excluding hydrogens is 512 g/mol. The van der Waals surface area contributed by atoms with Crippen LogP contribution in [0.15, 0.2) is 60.8 Å². The summed E-state index contributed by atoms with van der Waals surface area (Å²) in [6.45, 7) is 8.60. The van der Waals surface area contributed by atoms with Crippen LogP contribution in [0.2, 0.25) is 5.02 Å². The Balaban J connectivity index is 1.61. The average Bonchev–Trinajstić information content (AvgIpc) is 3.07. The lowest BCUT2D eigenvalue weighted by Gasteiger charge is -2.41. The van der Waals surface area contributed by atoms with E-state index in [4.69, 9.17) is 16.3 Å². The van der Waals surface area contributed by atoms with Gasteiger partial charge in [0, 0.05) is 48.7 Å². The zero-order valence-corrected chi connectivity index (χ0v) is 23.7. The summed E-state index contributed by atoms with van der Waals surface area (Å²) in [5.41, 5.74) is 1.97. The number of anilines is 1. The zero-order valence-electron chi connectivity index (χ0n) is 23.0. The topological polar surface area (TPSA) is 73.2 Å². The predicted octanol–water partition coefficient (Wildman–Crippen LogP) is 5.91. The van der Waals surface area contributed by atoms with Crippen molar-refractivity contribution in [3.63, 3.8) is 0 Å². The van der Waals surface area contributed by atoms with E-state index < -0.39 is 17.5 Å². The van der Waals surface area contributed by atoms with E-state index >= 15 is 0 Å². The Morgan fingerprint density at radius 3 is 2.77 bits per heavy atom. The predicted molar refractivity (Wildman–Crippen MR) is 156 cm³/mol. The minimum atomic E-state index is -2.14. The molecule has 0 aromatic heterocycles. The summed E-state index contributed by atoms with van der Waals surface area (Å²) in [4.78, 5) is 16.9. The van der Waals surface area contributed by atoms with Gasteiger partial charge in [-0.05, 0) is 79.5 Å². The number of benzene rings is 2. The molecule has 6 nitrogen and oxygen atoms in total. The van der Waals surface area contributed by atoms with Gasteiger partial charge in [-0.1, -0.05) is 49.4 Å². The number of aliphatic hydroxyl groups is 1. The molecule has 7 heteroatoms. The Morgan fingerprint density at radius 1 is 1.15 bits per heavy atom. The second-order valence-electron chi connectivity index (χ2n) is 11.5. The van der Waals surface area contributed by atoms with E-state index in [2.05, 4.69) is 35.8 Å². The van der Waals surface area contributed by atoms with Gasteiger partial charge in [-0.2, -0.15) is 0 Å². The first-order valence-corrected chi connectivity index (χ1v) is 14.4. The summed E-state index contributed by atoms with van der Waals surface area (Å²) in [5.74, 6) is -1.32. The van der Waals surface area contributed by atoms with Crippen molar-refractivity contribution in [2.45, 2.75) is 56.5 Å². The zero-order chi connectivity index (χ0) is 27.8. The third-order valence-corrected chi connectivity index (χ3v) is 9.25. The van der Waals surface area contributed by atoms with Crippen molar-refractivity contribution in [3.8, 4) is 5.75 Å². The molecule has 2 aromatic carbocycles. The molecule has 3 aliphatic rings. The highest BCUT2D eigenvalue weighted by Gasteiger charge is 2.47. The van der Waals surface area contributed by atoms with Crippen molar-refractivity contribution in [1.29, 1.82) is 0 Å². The number of ether oxygens (including phenoxy) is 1. The summed E-state index contributed by atoms with van der Waals surface area (Å²) in [6, 6.07) is 11.6. The number of allylic oxidation sites excluding steroid dienone is 1. The van der Waals surface area contributed by atoms with Crippen LogP contribution >= 0.6 is 11.6 Å². The molecule has 1 aliphatic carbocycles. The lowest BCUT2D eigenvalue weighted by molar-refractivity contribution is -0.165. The molecule has 5 rings (SSSR count). The smallest absolute Gasteiger partial charge is 0.341 e. The molecule has 2 aliphatic heterocycles. The van der Waals surface area contributed by atoms with Crippen molar-refractivity contribution >= 4 is 23.3 Å². The molecule has 0 unspecified atom stereocenters. The summed E-state index contributed by atoms with van der Waals surface area (Å²) in [6.07, 6.45) is 10.3. The monoisotopic (exact) mass is 550 g/mol. The number of aryl methyl sites for hydroxylation is 1. The van der Waals surface area contributed by atoms with Gasteiger partial charge in [0.25, 0.3) is 0 Å². The third-order valence-electron chi connectivity index (χ3n) is 9.01. The van der Waals surface area contributed by atoms with Crippen LogP contribution in [0.1, 0.15) is 55.7 Å². The number of likely N-dealkylation sites (N-methyl/N-ethyl adjacent to an activating group) is 1. The molecule has 39 heavy (non-hydrogen) atoms. The Bertz CT molecular complexity index is 1290. The quantitative estimate of drug-likeness (QED) is 0.430. The fraction of sp³-hybridized carbons (Fsp3) is 0.469. The number of fused-ring (bicyclic) bond motifs is 3. The molecule has 3 atom stereocenters. The average molecular weight is 551 g/mol. The van der Waals surface area contributed by atoms with Crippen LogP contribution < -0.4 is 9.64 Å². The molecule has 2 bridgehead atoms. The van der Waals surface area contributed by atoms with Crippen LogP contribution in [0, 0.1) is 5.92 Å². The molecule has 0 amide bonds. The first-order chi connectivity index (χ1) is 18.7. The summed E-state index contributed by atoms with van der Waals surface area (Å²) >= 11 is 6.37. The van der Waals surface area contributed by atoms with E-state index in [1.54, 1.807) is 13.0 Å². The fourth-order valence-electron chi connectivity index (χ4n) is 6.55. The number of aliphatic carboxylic acids is 1. The van der Waals surface area contributed by atoms with E-state index in [-0.39, 0.29) is 5.41 Å². The normalized spacial score (nSPS) is 28.5. The van der Waals surface area contributed by atoms with E-state index in [1.165, 1.54) is 11.1 Å². The highest BCUT2D eigenvalue weighted by Crippen LogP contribution is 2.46. The number of nitrogens with zero attached hydrogens (tertiary/aromatic N) is 2. The Hall–Kier alpha value is -2.96. The van der Waals surface area contributed by atoms with Gasteiger partial charge in [0.2, 0.25) is 0 Å². The molecular formula is C32H39ClN2O4. The molecule has 0 radical (unpaired) electrons. The summed E-state index contributed by atoms with van der Waals surface area (Å²) in [5, 5.41) is 22.9. The first kappa shape index (κ1) is 27.6. The van der Waals surface area contributed by atoms with Gasteiger partial charge >= 0.3 is 5.97 Å². The molecule has 0 saturated heterocycles. The van der Waals surface area contributed by atoms with Crippen molar-refractivity contribution in [2.75, 3.05) is 38.2 Å². The van der Waals surface area contributed by atoms with Crippen molar-refractivity contribution < 1.29 is 19.7 Å². The van der Waals surface area contributed by atoms with Crippen molar-refractivity contribution in [2.24, 2.45) is 5.92 Å². The molecule has 0 saturated carbocycles. The van der Waals surface area contributed by atoms with E-state index in [0.717, 1.165) is 68.1 Å². The Labute approximate surface area is 236 Å². The minimum absolute atomic E-state index is 0.201. The van der Waals surface area contributed by atoms with Gasteiger partial charge in [0.15, 0.2) is 5.60 Å². The van der Waals surface area contributed by atoms with Crippen LogP contribution in [-0.4, -0.2) is 54.4 Å². The van der Waals surface area contributed by atoms with Crippen LogP contribution in [0.4, 0.5) is 5.69 Å². The SMILES string of the molecule is C=C1[C@H](C)[C@@](O)(C(=O)O)c2ccc3c(c2)N(CCCC/C=C/CN1C)C[C@@]1(CCCc2cc(Cl)ccc21)CO3. The molecule has 208 valence electrons. The Kier molecular flexibility index (Phi) is 7.71.